The molecule has 0 unspecified atom stereocenters. The van der Waals surface area contributed by atoms with Crippen molar-refractivity contribution in [3.63, 3.8) is 0 Å². The van der Waals surface area contributed by atoms with E-state index in [1.165, 1.54) is 6.07 Å². The second-order valence-electron chi connectivity index (χ2n) is 3.97. The quantitative estimate of drug-likeness (QED) is 0.744. The van der Waals surface area contributed by atoms with Crippen molar-refractivity contribution < 1.29 is 14.3 Å². The van der Waals surface area contributed by atoms with E-state index >= 15 is 0 Å². The first-order valence-electron chi connectivity index (χ1n) is 5.43. The van der Waals surface area contributed by atoms with E-state index in [1.807, 2.05) is 0 Å². The molecule has 0 aliphatic rings. The topological polar surface area (TPSA) is 75.3 Å². The number of carboxylic acids is 1. The normalized spacial score (nSPS) is 10.3. The van der Waals surface area contributed by atoms with Crippen molar-refractivity contribution in [1.82, 2.24) is 0 Å². The predicted molar refractivity (Wildman–Crippen MR) is 77.5 cm³/mol. The van der Waals surface area contributed by atoms with Gasteiger partial charge in [0.2, 0.25) is 0 Å². The molecule has 4 N–H and O–H groups in total. The number of hydrogen-bond acceptors (Lipinski definition) is 3. The maximum Gasteiger partial charge on any atom is 0.337 e. The van der Waals surface area contributed by atoms with Crippen LogP contribution in [0.5, 0.6) is 0 Å². The van der Waals surface area contributed by atoms with Gasteiger partial charge in [0.15, 0.2) is 0 Å². The first-order valence-corrected chi connectivity index (χ1v) is 6.18. The molecular formula is C13H9Cl2FN2O2. The fourth-order valence-electron chi connectivity index (χ4n) is 1.61. The zero-order valence-corrected chi connectivity index (χ0v) is 11.5. The molecule has 0 atom stereocenters. The molecule has 0 aliphatic heterocycles. The Labute approximate surface area is 123 Å². The van der Waals surface area contributed by atoms with Gasteiger partial charge in [-0.25, -0.2) is 9.18 Å². The standard InChI is InChI=1S/C13H9Cl2FN2O2/c14-6-1-2-8(15)11(3-6)18-12-4-7(13(19)20)10(17)5-9(12)16/h1-5,18H,17H2,(H,19,20). The van der Waals surface area contributed by atoms with Gasteiger partial charge in [0.05, 0.1) is 22.0 Å². The summed E-state index contributed by atoms with van der Waals surface area (Å²) < 4.78 is 13.8. The van der Waals surface area contributed by atoms with Crippen LogP contribution < -0.4 is 11.1 Å². The largest absolute Gasteiger partial charge is 0.478 e. The van der Waals surface area contributed by atoms with Gasteiger partial charge in [-0.3, -0.25) is 0 Å². The lowest BCUT2D eigenvalue weighted by Crippen LogP contribution is -2.05. The minimum absolute atomic E-state index is 0.0548. The van der Waals surface area contributed by atoms with E-state index in [9.17, 15) is 9.18 Å². The number of aromatic carboxylic acids is 1. The Kier molecular flexibility index (Phi) is 4.01. The van der Waals surface area contributed by atoms with Crippen molar-refractivity contribution in [2.45, 2.75) is 0 Å². The maximum absolute atomic E-state index is 13.8. The zero-order valence-electron chi connectivity index (χ0n) is 9.95. The molecule has 0 saturated heterocycles. The summed E-state index contributed by atoms with van der Waals surface area (Å²) >= 11 is 11.8. The van der Waals surface area contributed by atoms with Gasteiger partial charge in [0.25, 0.3) is 0 Å². The van der Waals surface area contributed by atoms with Crippen molar-refractivity contribution in [2.24, 2.45) is 0 Å². The van der Waals surface area contributed by atoms with Gasteiger partial charge >= 0.3 is 5.97 Å². The summed E-state index contributed by atoms with van der Waals surface area (Å²) in [5.41, 5.74) is 5.39. The maximum atomic E-state index is 13.8. The third kappa shape index (κ3) is 2.95. The van der Waals surface area contributed by atoms with Crippen LogP contribution in [-0.4, -0.2) is 11.1 Å². The number of carboxylic acid groups (broad SMARTS) is 1. The fourth-order valence-corrected chi connectivity index (χ4v) is 1.94. The van der Waals surface area contributed by atoms with Gasteiger partial charge < -0.3 is 16.2 Å². The Bertz CT molecular complexity index is 692. The zero-order chi connectivity index (χ0) is 14.9. The molecule has 0 amide bonds. The minimum Gasteiger partial charge on any atom is -0.478 e. The van der Waals surface area contributed by atoms with Crippen LogP contribution in [0, 0.1) is 5.82 Å². The number of nitrogens with one attached hydrogen (secondary N) is 1. The van der Waals surface area contributed by atoms with Gasteiger partial charge in [0.1, 0.15) is 5.82 Å². The number of nitrogen functional groups attached to an aromatic ring is 1. The van der Waals surface area contributed by atoms with Crippen LogP contribution in [0.4, 0.5) is 21.5 Å². The van der Waals surface area contributed by atoms with Crippen LogP contribution in [-0.2, 0) is 0 Å². The van der Waals surface area contributed by atoms with E-state index in [4.69, 9.17) is 34.0 Å². The average molecular weight is 315 g/mol. The molecule has 4 nitrogen and oxygen atoms in total. The highest BCUT2D eigenvalue weighted by molar-refractivity contribution is 6.35. The van der Waals surface area contributed by atoms with Crippen LogP contribution in [0.3, 0.4) is 0 Å². The van der Waals surface area contributed by atoms with Crippen molar-refractivity contribution >= 4 is 46.2 Å². The van der Waals surface area contributed by atoms with Crippen molar-refractivity contribution in [2.75, 3.05) is 11.1 Å². The van der Waals surface area contributed by atoms with Crippen molar-refractivity contribution in [1.29, 1.82) is 0 Å². The Morgan fingerprint density at radius 3 is 2.55 bits per heavy atom. The van der Waals surface area contributed by atoms with Gasteiger partial charge in [0, 0.05) is 10.7 Å². The summed E-state index contributed by atoms with van der Waals surface area (Å²) in [6.07, 6.45) is 0. The highest BCUT2D eigenvalue weighted by Gasteiger charge is 2.14. The Morgan fingerprint density at radius 1 is 1.20 bits per heavy atom. The fraction of sp³-hybridized carbons (Fsp3) is 0. The number of rotatable bonds is 3. The van der Waals surface area contributed by atoms with E-state index in [0.29, 0.717) is 15.7 Å². The number of halogens is 3. The molecule has 0 aliphatic carbocycles. The number of benzene rings is 2. The number of carbonyl (C=O) groups is 1. The van der Waals surface area contributed by atoms with E-state index in [0.717, 1.165) is 12.1 Å². The van der Waals surface area contributed by atoms with Crippen LogP contribution >= 0.6 is 23.2 Å². The molecule has 0 radical (unpaired) electrons. The van der Waals surface area contributed by atoms with Gasteiger partial charge in [-0.05, 0) is 30.3 Å². The minimum atomic E-state index is -1.25. The summed E-state index contributed by atoms with van der Waals surface area (Å²) in [6, 6.07) is 6.66. The van der Waals surface area contributed by atoms with Gasteiger partial charge in [-0.1, -0.05) is 23.2 Å². The molecule has 20 heavy (non-hydrogen) atoms. The van der Waals surface area contributed by atoms with Crippen LogP contribution in [0.25, 0.3) is 0 Å². The summed E-state index contributed by atoms with van der Waals surface area (Å²) in [6.45, 7) is 0. The number of hydrogen-bond donors (Lipinski definition) is 3. The first-order chi connectivity index (χ1) is 9.38. The highest BCUT2D eigenvalue weighted by Crippen LogP contribution is 2.31. The van der Waals surface area contributed by atoms with Crippen LogP contribution in [0.2, 0.25) is 10.0 Å². The van der Waals surface area contributed by atoms with Crippen LogP contribution in [0.15, 0.2) is 30.3 Å². The van der Waals surface area contributed by atoms with Gasteiger partial charge in [-0.2, -0.15) is 0 Å². The molecule has 2 rings (SSSR count). The molecule has 0 saturated carbocycles. The lowest BCUT2D eigenvalue weighted by atomic mass is 10.1. The van der Waals surface area contributed by atoms with Gasteiger partial charge in [-0.15, -0.1) is 0 Å². The van der Waals surface area contributed by atoms with Crippen LogP contribution in [0.1, 0.15) is 10.4 Å². The highest BCUT2D eigenvalue weighted by atomic mass is 35.5. The summed E-state index contributed by atoms with van der Waals surface area (Å²) in [5, 5.41) is 12.4. The molecule has 0 spiro atoms. The molecule has 2 aromatic rings. The molecule has 2 aromatic carbocycles. The summed E-state index contributed by atoms with van der Waals surface area (Å²) in [7, 11) is 0. The monoisotopic (exact) mass is 314 g/mol. The molecule has 0 aromatic heterocycles. The van der Waals surface area contributed by atoms with E-state index in [1.54, 1.807) is 12.1 Å². The first kappa shape index (κ1) is 14.4. The van der Waals surface area contributed by atoms with E-state index in [-0.39, 0.29) is 16.9 Å². The van der Waals surface area contributed by atoms with E-state index < -0.39 is 11.8 Å². The smallest absolute Gasteiger partial charge is 0.337 e. The van der Waals surface area contributed by atoms with Crippen molar-refractivity contribution in [3.05, 3.63) is 51.8 Å². The lowest BCUT2D eigenvalue weighted by Gasteiger charge is -2.11. The Hall–Kier alpha value is -1.98. The molecule has 0 heterocycles. The Morgan fingerprint density at radius 2 is 1.90 bits per heavy atom. The second-order valence-corrected chi connectivity index (χ2v) is 4.82. The number of nitrogens with two attached hydrogens (primary N) is 1. The molecule has 0 fully saturated rings. The lowest BCUT2D eigenvalue weighted by molar-refractivity contribution is 0.0698. The average Bonchev–Trinajstić information content (AvgIpc) is 2.36. The molecule has 0 bridgehead atoms. The molecular weight excluding hydrogens is 306 g/mol. The molecule has 7 heteroatoms. The van der Waals surface area contributed by atoms with Crippen molar-refractivity contribution in [3.8, 4) is 0 Å². The Balaban J connectivity index is 2.45. The summed E-state index contributed by atoms with van der Waals surface area (Å²) in [4.78, 5) is 11.0. The predicted octanol–water partition coefficient (Wildman–Crippen LogP) is 4.16. The number of anilines is 3. The molecule has 104 valence electrons. The van der Waals surface area contributed by atoms with E-state index in [2.05, 4.69) is 5.32 Å². The second kappa shape index (κ2) is 5.56. The summed E-state index contributed by atoms with van der Waals surface area (Å²) in [5.74, 6) is -1.94. The third-order valence-electron chi connectivity index (χ3n) is 2.57. The SMILES string of the molecule is Nc1cc(F)c(Nc2cc(Cl)ccc2Cl)cc1C(=O)O. The third-order valence-corrected chi connectivity index (χ3v) is 3.13.